The highest BCUT2D eigenvalue weighted by Gasteiger charge is 2.47. The van der Waals surface area contributed by atoms with Gasteiger partial charge in [-0.1, -0.05) is 6.07 Å². The van der Waals surface area contributed by atoms with Gasteiger partial charge in [0.1, 0.15) is 0 Å². The molecule has 1 N–H and O–H groups in total. The maximum Gasteiger partial charge on any atom is 0.225 e. The van der Waals surface area contributed by atoms with Crippen LogP contribution < -0.4 is 5.32 Å². The summed E-state index contributed by atoms with van der Waals surface area (Å²) in [7, 11) is 0. The van der Waals surface area contributed by atoms with E-state index in [0.29, 0.717) is 24.4 Å². The standard InChI is InChI=1S/C18H25N3O2/c22-17-11-16(20-14-4-2-9-23-10-7-14)18(21(17)15-5-6-15)13-3-1-8-19-12-13/h1,3,8,12,14-16,18,20H,2,4-7,9-11H2/t14-,16+,18-/m0/s1. The van der Waals surface area contributed by atoms with Crippen LogP contribution in [0.1, 0.15) is 50.1 Å². The van der Waals surface area contributed by atoms with E-state index >= 15 is 0 Å². The Bertz CT molecular complexity index is 538. The Morgan fingerprint density at radius 3 is 2.91 bits per heavy atom. The lowest BCUT2D eigenvalue weighted by Crippen LogP contribution is -2.42. The number of amides is 1. The molecule has 124 valence electrons. The second-order valence-corrected chi connectivity index (χ2v) is 6.98. The van der Waals surface area contributed by atoms with Crippen molar-refractivity contribution in [2.45, 2.75) is 62.7 Å². The fourth-order valence-electron chi connectivity index (χ4n) is 4.00. The largest absolute Gasteiger partial charge is 0.381 e. The topological polar surface area (TPSA) is 54.5 Å². The molecule has 0 radical (unpaired) electrons. The summed E-state index contributed by atoms with van der Waals surface area (Å²) in [6, 6.07) is 5.30. The molecule has 1 saturated carbocycles. The zero-order chi connectivity index (χ0) is 15.6. The smallest absolute Gasteiger partial charge is 0.225 e. The van der Waals surface area contributed by atoms with Gasteiger partial charge in [-0.3, -0.25) is 9.78 Å². The molecule has 5 heteroatoms. The molecule has 0 bridgehead atoms. The minimum absolute atomic E-state index is 0.132. The lowest BCUT2D eigenvalue weighted by atomic mass is 9.99. The van der Waals surface area contributed by atoms with E-state index in [4.69, 9.17) is 4.74 Å². The molecule has 4 rings (SSSR count). The van der Waals surface area contributed by atoms with Crippen molar-refractivity contribution in [3.05, 3.63) is 30.1 Å². The molecule has 2 aliphatic heterocycles. The van der Waals surface area contributed by atoms with E-state index in [0.717, 1.165) is 50.9 Å². The van der Waals surface area contributed by atoms with Gasteiger partial charge < -0.3 is 15.0 Å². The van der Waals surface area contributed by atoms with Gasteiger partial charge in [-0.05, 0) is 43.7 Å². The Hall–Kier alpha value is -1.46. The molecule has 3 atom stereocenters. The number of nitrogens with zero attached hydrogens (tertiary/aromatic N) is 2. The van der Waals surface area contributed by atoms with Crippen LogP contribution in [0.15, 0.2) is 24.5 Å². The zero-order valence-electron chi connectivity index (χ0n) is 13.5. The number of nitrogens with one attached hydrogen (secondary N) is 1. The van der Waals surface area contributed by atoms with Gasteiger partial charge in [0.25, 0.3) is 0 Å². The number of hydrogen-bond donors (Lipinski definition) is 1. The van der Waals surface area contributed by atoms with Gasteiger partial charge in [0.05, 0.1) is 6.04 Å². The Labute approximate surface area is 137 Å². The molecule has 3 aliphatic rings. The first-order valence-electron chi connectivity index (χ1n) is 8.88. The van der Waals surface area contributed by atoms with Gasteiger partial charge in [-0.25, -0.2) is 0 Å². The van der Waals surface area contributed by atoms with E-state index < -0.39 is 0 Å². The van der Waals surface area contributed by atoms with E-state index in [-0.39, 0.29) is 12.1 Å². The second kappa shape index (κ2) is 6.57. The highest BCUT2D eigenvalue weighted by atomic mass is 16.5. The number of hydrogen-bond acceptors (Lipinski definition) is 4. The Kier molecular flexibility index (Phi) is 4.31. The lowest BCUT2D eigenvalue weighted by Gasteiger charge is -2.31. The third kappa shape index (κ3) is 3.26. The van der Waals surface area contributed by atoms with Gasteiger partial charge in [0.15, 0.2) is 0 Å². The second-order valence-electron chi connectivity index (χ2n) is 6.98. The first-order chi connectivity index (χ1) is 11.3. The van der Waals surface area contributed by atoms with Crippen molar-refractivity contribution in [3.8, 4) is 0 Å². The minimum Gasteiger partial charge on any atom is -0.381 e. The zero-order valence-corrected chi connectivity index (χ0v) is 13.5. The van der Waals surface area contributed by atoms with Crippen LogP contribution >= 0.6 is 0 Å². The Balaban J connectivity index is 1.55. The monoisotopic (exact) mass is 315 g/mol. The predicted molar refractivity (Wildman–Crippen MR) is 86.8 cm³/mol. The summed E-state index contributed by atoms with van der Waals surface area (Å²) in [6.07, 6.45) is 9.88. The molecular weight excluding hydrogens is 290 g/mol. The fraction of sp³-hybridized carbons (Fsp3) is 0.667. The number of likely N-dealkylation sites (tertiary alicyclic amines) is 1. The molecule has 1 aromatic heterocycles. The van der Waals surface area contributed by atoms with Gasteiger partial charge in [0.2, 0.25) is 5.91 Å². The Morgan fingerprint density at radius 1 is 1.22 bits per heavy atom. The summed E-state index contributed by atoms with van der Waals surface area (Å²) in [5, 5.41) is 3.78. The van der Waals surface area contributed by atoms with E-state index in [1.807, 2.05) is 12.3 Å². The van der Waals surface area contributed by atoms with Crippen LogP contribution in [0.3, 0.4) is 0 Å². The number of rotatable bonds is 4. The quantitative estimate of drug-likeness (QED) is 0.924. The van der Waals surface area contributed by atoms with Crippen molar-refractivity contribution in [2.24, 2.45) is 0 Å². The summed E-state index contributed by atoms with van der Waals surface area (Å²) in [5.41, 5.74) is 1.16. The summed E-state index contributed by atoms with van der Waals surface area (Å²) in [4.78, 5) is 19.0. The fourth-order valence-corrected chi connectivity index (χ4v) is 4.00. The predicted octanol–water partition coefficient (Wildman–Crippen LogP) is 2.04. The average Bonchev–Trinajstić information content (AvgIpc) is 3.37. The number of carbonyl (C=O) groups excluding carboxylic acids is 1. The third-order valence-corrected chi connectivity index (χ3v) is 5.23. The number of pyridine rings is 1. The average molecular weight is 315 g/mol. The molecular formula is C18H25N3O2. The summed E-state index contributed by atoms with van der Waals surface area (Å²) in [5.74, 6) is 0.295. The highest BCUT2D eigenvalue weighted by Crippen LogP contribution is 2.41. The van der Waals surface area contributed by atoms with Crippen LogP contribution in [0, 0.1) is 0 Å². The molecule has 0 aromatic carbocycles. The highest BCUT2D eigenvalue weighted by molar-refractivity contribution is 5.81. The Morgan fingerprint density at radius 2 is 2.13 bits per heavy atom. The van der Waals surface area contributed by atoms with Gasteiger partial charge in [-0.2, -0.15) is 0 Å². The van der Waals surface area contributed by atoms with E-state index in [1.54, 1.807) is 6.20 Å². The number of ether oxygens (including phenoxy) is 1. The van der Waals surface area contributed by atoms with E-state index in [1.165, 1.54) is 0 Å². The molecule has 0 unspecified atom stereocenters. The molecule has 2 saturated heterocycles. The van der Waals surface area contributed by atoms with Crippen LogP contribution in [0.4, 0.5) is 0 Å². The normalized spacial score (nSPS) is 32.1. The number of aromatic nitrogens is 1. The summed E-state index contributed by atoms with van der Waals surface area (Å²) >= 11 is 0. The minimum atomic E-state index is 0.132. The molecule has 23 heavy (non-hydrogen) atoms. The van der Waals surface area contributed by atoms with Crippen molar-refractivity contribution < 1.29 is 9.53 Å². The molecule has 1 aromatic rings. The van der Waals surface area contributed by atoms with E-state index in [2.05, 4.69) is 21.3 Å². The molecule has 1 amide bonds. The van der Waals surface area contributed by atoms with Crippen LogP contribution in [-0.4, -0.2) is 47.1 Å². The van der Waals surface area contributed by atoms with E-state index in [9.17, 15) is 4.79 Å². The van der Waals surface area contributed by atoms with Gasteiger partial charge >= 0.3 is 0 Å². The summed E-state index contributed by atoms with van der Waals surface area (Å²) in [6.45, 7) is 1.68. The maximum absolute atomic E-state index is 12.6. The van der Waals surface area contributed by atoms with Crippen LogP contribution in [0.5, 0.6) is 0 Å². The molecule has 3 heterocycles. The maximum atomic E-state index is 12.6. The van der Waals surface area contributed by atoms with Gasteiger partial charge in [0, 0.05) is 50.2 Å². The van der Waals surface area contributed by atoms with Crippen LogP contribution in [0.25, 0.3) is 0 Å². The first kappa shape index (κ1) is 15.1. The van der Waals surface area contributed by atoms with Crippen molar-refractivity contribution in [1.82, 2.24) is 15.2 Å². The van der Waals surface area contributed by atoms with Crippen LogP contribution in [-0.2, 0) is 9.53 Å². The first-order valence-corrected chi connectivity index (χ1v) is 8.88. The lowest BCUT2D eigenvalue weighted by molar-refractivity contribution is -0.129. The molecule has 5 nitrogen and oxygen atoms in total. The molecule has 0 spiro atoms. The third-order valence-electron chi connectivity index (χ3n) is 5.23. The van der Waals surface area contributed by atoms with Gasteiger partial charge in [-0.15, -0.1) is 0 Å². The van der Waals surface area contributed by atoms with Crippen molar-refractivity contribution in [2.75, 3.05) is 13.2 Å². The van der Waals surface area contributed by atoms with Crippen molar-refractivity contribution >= 4 is 5.91 Å². The van der Waals surface area contributed by atoms with Crippen molar-refractivity contribution in [1.29, 1.82) is 0 Å². The number of carbonyl (C=O) groups is 1. The van der Waals surface area contributed by atoms with Crippen molar-refractivity contribution in [3.63, 3.8) is 0 Å². The van der Waals surface area contributed by atoms with Crippen LogP contribution in [0.2, 0.25) is 0 Å². The molecule has 1 aliphatic carbocycles. The molecule has 3 fully saturated rings. The summed E-state index contributed by atoms with van der Waals surface area (Å²) < 4.78 is 5.56. The SMILES string of the molecule is O=C1C[C@@H](N[C@H]2CCCOCC2)[C@H](c2cccnc2)N1C1CC1.